The maximum atomic E-state index is 13.1. The van der Waals surface area contributed by atoms with Crippen LogP contribution in [0, 0.1) is 11.8 Å². The summed E-state index contributed by atoms with van der Waals surface area (Å²) in [5.74, 6) is 1.60. The zero-order valence-electron chi connectivity index (χ0n) is 16.4. The fourth-order valence-corrected chi connectivity index (χ4v) is 4.10. The number of hydrogen-bond donors (Lipinski definition) is 0. The molecule has 1 saturated carbocycles. The van der Waals surface area contributed by atoms with Crippen molar-refractivity contribution < 1.29 is 4.79 Å². The monoisotopic (exact) mass is 366 g/mol. The van der Waals surface area contributed by atoms with E-state index in [1.807, 2.05) is 41.2 Å². The minimum absolute atomic E-state index is 0.154. The first-order chi connectivity index (χ1) is 13.1. The van der Waals surface area contributed by atoms with Crippen molar-refractivity contribution in [2.75, 3.05) is 26.2 Å². The highest BCUT2D eigenvalue weighted by atomic mass is 16.2. The van der Waals surface area contributed by atoms with Crippen molar-refractivity contribution in [1.29, 1.82) is 0 Å². The van der Waals surface area contributed by atoms with Crippen LogP contribution in [0.15, 0.2) is 42.7 Å². The Morgan fingerprint density at radius 1 is 1.19 bits per heavy atom. The van der Waals surface area contributed by atoms with Gasteiger partial charge in [0.1, 0.15) is 0 Å². The molecule has 0 bridgehead atoms. The van der Waals surface area contributed by atoms with Crippen molar-refractivity contribution in [2.24, 2.45) is 11.8 Å². The number of rotatable bonds is 5. The third kappa shape index (κ3) is 4.24. The van der Waals surface area contributed by atoms with Crippen LogP contribution in [0.1, 0.15) is 43.5 Å². The summed E-state index contributed by atoms with van der Waals surface area (Å²) in [6.07, 6.45) is 7.50. The Labute approximate surface area is 162 Å². The summed E-state index contributed by atoms with van der Waals surface area (Å²) < 4.78 is 1.81. The lowest BCUT2D eigenvalue weighted by atomic mass is 10.0. The molecule has 0 N–H and O–H groups in total. The molecule has 1 amide bonds. The Morgan fingerprint density at radius 3 is 2.59 bits per heavy atom. The molecule has 5 nitrogen and oxygen atoms in total. The predicted octanol–water partition coefficient (Wildman–Crippen LogP) is 3.45. The minimum Gasteiger partial charge on any atom is -0.337 e. The molecule has 144 valence electrons. The van der Waals surface area contributed by atoms with Gasteiger partial charge >= 0.3 is 0 Å². The van der Waals surface area contributed by atoms with Gasteiger partial charge in [-0.25, -0.2) is 4.68 Å². The molecule has 2 aliphatic rings. The van der Waals surface area contributed by atoms with Crippen LogP contribution in [-0.4, -0.2) is 57.7 Å². The van der Waals surface area contributed by atoms with Crippen LogP contribution in [-0.2, 0) is 0 Å². The van der Waals surface area contributed by atoms with Crippen molar-refractivity contribution >= 4 is 5.91 Å². The first kappa shape index (κ1) is 18.2. The van der Waals surface area contributed by atoms with Crippen LogP contribution in [0.2, 0.25) is 0 Å². The number of aromatic nitrogens is 2. The Kier molecular flexibility index (Phi) is 5.30. The number of nitrogens with zero attached hydrogens (tertiary/aromatic N) is 4. The molecule has 0 radical (unpaired) electrons. The van der Waals surface area contributed by atoms with E-state index in [-0.39, 0.29) is 5.91 Å². The maximum absolute atomic E-state index is 13.1. The highest BCUT2D eigenvalue weighted by Gasteiger charge is 2.33. The van der Waals surface area contributed by atoms with Crippen LogP contribution >= 0.6 is 0 Å². The quantitative estimate of drug-likeness (QED) is 0.814. The second-order valence-electron chi connectivity index (χ2n) is 8.35. The van der Waals surface area contributed by atoms with E-state index in [2.05, 4.69) is 28.7 Å². The number of benzene rings is 1. The molecule has 2 aromatic rings. The van der Waals surface area contributed by atoms with Gasteiger partial charge in [-0.15, -0.1) is 0 Å². The van der Waals surface area contributed by atoms with Gasteiger partial charge < -0.3 is 4.90 Å². The summed E-state index contributed by atoms with van der Waals surface area (Å²) in [6.45, 7) is 8.59. The summed E-state index contributed by atoms with van der Waals surface area (Å²) in [6, 6.07) is 10.2. The van der Waals surface area contributed by atoms with E-state index in [0.717, 1.165) is 43.2 Å². The predicted molar refractivity (Wildman–Crippen MR) is 107 cm³/mol. The van der Waals surface area contributed by atoms with Crippen LogP contribution in [0.4, 0.5) is 0 Å². The zero-order valence-corrected chi connectivity index (χ0v) is 16.4. The molecule has 0 spiro atoms. The topological polar surface area (TPSA) is 41.4 Å². The van der Waals surface area contributed by atoms with Gasteiger partial charge in [0.25, 0.3) is 5.91 Å². The van der Waals surface area contributed by atoms with Gasteiger partial charge in [-0.3, -0.25) is 9.69 Å². The summed E-state index contributed by atoms with van der Waals surface area (Å²) in [5.41, 5.74) is 1.74. The molecule has 4 rings (SSSR count). The molecule has 1 aromatic heterocycles. The van der Waals surface area contributed by atoms with Crippen molar-refractivity contribution in [3.05, 3.63) is 48.3 Å². The average molecular weight is 367 g/mol. The summed E-state index contributed by atoms with van der Waals surface area (Å²) in [4.78, 5) is 17.9. The molecular formula is C22H30N4O. The molecule has 0 unspecified atom stereocenters. The van der Waals surface area contributed by atoms with Gasteiger partial charge in [-0.1, -0.05) is 13.8 Å². The fourth-order valence-electron chi connectivity index (χ4n) is 4.10. The highest BCUT2D eigenvalue weighted by molar-refractivity contribution is 5.94. The standard InChI is InChI=1S/C22H30N4O/c1-17(2)21-16-25(13-4-12-24(21)15-18-5-6-18)22(27)19-7-9-20(10-8-19)26-14-3-11-23-26/h3,7-11,14,17-18,21H,4-6,12-13,15-16H2,1-2H3/t21-/m0/s1. The van der Waals surface area contributed by atoms with E-state index < -0.39 is 0 Å². The largest absolute Gasteiger partial charge is 0.337 e. The fraction of sp³-hybridized carbons (Fsp3) is 0.545. The summed E-state index contributed by atoms with van der Waals surface area (Å²) in [7, 11) is 0. The molecule has 2 fully saturated rings. The van der Waals surface area contributed by atoms with Crippen molar-refractivity contribution in [2.45, 2.75) is 39.2 Å². The smallest absolute Gasteiger partial charge is 0.253 e. The van der Waals surface area contributed by atoms with Gasteiger partial charge in [0.05, 0.1) is 5.69 Å². The van der Waals surface area contributed by atoms with E-state index in [4.69, 9.17) is 0 Å². The molecule has 1 atom stereocenters. The lowest BCUT2D eigenvalue weighted by Crippen LogP contribution is -2.46. The van der Waals surface area contributed by atoms with Crippen LogP contribution in [0.5, 0.6) is 0 Å². The Balaban J connectivity index is 1.47. The molecule has 27 heavy (non-hydrogen) atoms. The molecule has 5 heteroatoms. The van der Waals surface area contributed by atoms with Gasteiger partial charge in [-0.05, 0) is 61.4 Å². The Hall–Kier alpha value is -2.14. The third-order valence-corrected chi connectivity index (χ3v) is 5.88. The van der Waals surface area contributed by atoms with E-state index >= 15 is 0 Å². The van der Waals surface area contributed by atoms with Crippen LogP contribution in [0.25, 0.3) is 5.69 Å². The zero-order chi connectivity index (χ0) is 18.8. The van der Waals surface area contributed by atoms with E-state index in [1.165, 1.54) is 19.4 Å². The van der Waals surface area contributed by atoms with Gasteiger partial charge in [0, 0.05) is 50.2 Å². The summed E-state index contributed by atoms with van der Waals surface area (Å²) >= 11 is 0. The molecule has 1 aliphatic carbocycles. The molecule has 2 heterocycles. The van der Waals surface area contributed by atoms with Crippen molar-refractivity contribution in [1.82, 2.24) is 19.6 Å². The van der Waals surface area contributed by atoms with E-state index in [1.54, 1.807) is 6.20 Å². The Bertz CT molecular complexity index is 749. The van der Waals surface area contributed by atoms with Gasteiger partial charge in [0.15, 0.2) is 0 Å². The number of carbonyl (C=O) groups is 1. The SMILES string of the molecule is CC(C)[C@@H]1CN(C(=O)c2ccc(-n3cccn3)cc2)CCCN1CC1CC1. The van der Waals surface area contributed by atoms with Crippen molar-refractivity contribution in [3.8, 4) is 5.69 Å². The van der Waals surface area contributed by atoms with Gasteiger partial charge in [-0.2, -0.15) is 5.10 Å². The third-order valence-electron chi connectivity index (χ3n) is 5.88. The lowest BCUT2D eigenvalue weighted by molar-refractivity contribution is 0.0704. The van der Waals surface area contributed by atoms with E-state index in [9.17, 15) is 4.79 Å². The van der Waals surface area contributed by atoms with Crippen LogP contribution in [0.3, 0.4) is 0 Å². The first-order valence-electron chi connectivity index (χ1n) is 10.2. The van der Waals surface area contributed by atoms with E-state index in [0.29, 0.717) is 12.0 Å². The first-order valence-corrected chi connectivity index (χ1v) is 10.2. The average Bonchev–Trinajstić information content (AvgIpc) is 3.38. The maximum Gasteiger partial charge on any atom is 0.253 e. The number of carbonyl (C=O) groups excluding carboxylic acids is 1. The summed E-state index contributed by atoms with van der Waals surface area (Å²) in [5, 5.41) is 4.25. The second kappa shape index (κ2) is 7.85. The molecule has 1 aliphatic heterocycles. The van der Waals surface area contributed by atoms with Gasteiger partial charge in [0.2, 0.25) is 0 Å². The number of amides is 1. The highest BCUT2D eigenvalue weighted by Crippen LogP contribution is 2.32. The molecule has 1 saturated heterocycles. The Morgan fingerprint density at radius 2 is 1.96 bits per heavy atom. The van der Waals surface area contributed by atoms with Crippen LogP contribution < -0.4 is 0 Å². The van der Waals surface area contributed by atoms with Crippen molar-refractivity contribution in [3.63, 3.8) is 0 Å². The normalized spacial score (nSPS) is 21.4. The second-order valence-corrected chi connectivity index (χ2v) is 8.35. The molecule has 1 aromatic carbocycles. The molecular weight excluding hydrogens is 336 g/mol. The minimum atomic E-state index is 0.154. The lowest BCUT2D eigenvalue weighted by Gasteiger charge is -2.34. The number of hydrogen-bond acceptors (Lipinski definition) is 3.